The Morgan fingerprint density at radius 3 is 2.46 bits per heavy atom. The van der Waals surface area contributed by atoms with Crippen molar-refractivity contribution in [3.05, 3.63) is 35.4 Å². The SMILES string of the molecule is COC(=O)C(C)CN(C(=O)c1cccc(C)c1)C1CCCCCC1. The molecule has 0 saturated heterocycles. The molecule has 4 heteroatoms. The van der Waals surface area contributed by atoms with Crippen LogP contribution in [0.5, 0.6) is 0 Å². The minimum atomic E-state index is -0.313. The Balaban J connectivity index is 2.23. The zero-order chi connectivity index (χ0) is 17.5. The first-order valence-corrected chi connectivity index (χ1v) is 8.98. The summed E-state index contributed by atoms with van der Waals surface area (Å²) in [7, 11) is 1.40. The molecule has 0 aromatic heterocycles. The normalized spacial score (nSPS) is 17.0. The monoisotopic (exact) mass is 331 g/mol. The zero-order valence-corrected chi connectivity index (χ0v) is 15.1. The molecular weight excluding hydrogens is 302 g/mol. The fourth-order valence-corrected chi connectivity index (χ4v) is 3.48. The highest BCUT2D eigenvalue weighted by molar-refractivity contribution is 5.94. The van der Waals surface area contributed by atoms with E-state index in [1.165, 1.54) is 20.0 Å². The molecule has 1 fully saturated rings. The van der Waals surface area contributed by atoms with Gasteiger partial charge in [-0.25, -0.2) is 0 Å². The molecule has 1 unspecified atom stereocenters. The van der Waals surface area contributed by atoms with Gasteiger partial charge >= 0.3 is 5.97 Å². The Hall–Kier alpha value is -1.84. The van der Waals surface area contributed by atoms with Gasteiger partial charge in [-0.1, -0.05) is 50.3 Å². The van der Waals surface area contributed by atoms with Crippen molar-refractivity contribution in [2.24, 2.45) is 5.92 Å². The first-order chi connectivity index (χ1) is 11.5. The molecule has 0 radical (unpaired) electrons. The average molecular weight is 331 g/mol. The summed E-state index contributed by atoms with van der Waals surface area (Å²) in [5, 5.41) is 0. The van der Waals surface area contributed by atoms with Crippen LogP contribution in [-0.4, -0.2) is 36.5 Å². The number of methoxy groups -OCH3 is 1. The van der Waals surface area contributed by atoms with Crippen LogP contribution in [0.15, 0.2) is 24.3 Å². The van der Waals surface area contributed by atoms with Crippen molar-refractivity contribution in [3.8, 4) is 0 Å². The predicted molar refractivity (Wildman–Crippen MR) is 94.9 cm³/mol. The molecule has 1 amide bonds. The molecular formula is C20H29NO3. The summed E-state index contributed by atoms with van der Waals surface area (Å²) >= 11 is 0. The minimum Gasteiger partial charge on any atom is -0.469 e. The van der Waals surface area contributed by atoms with Gasteiger partial charge in [0.2, 0.25) is 0 Å². The second-order valence-corrected chi connectivity index (χ2v) is 6.90. The fraction of sp³-hybridized carbons (Fsp3) is 0.600. The van der Waals surface area contributed by atoms with Crippen molar-refractivity contribution in [1.29, 1.82) is 0 Å². The van der Waals surface area contributed by atoms with Crippen LogP contribution in [-0.2, 0) is 9.53 Å². The number of carbonyl (C=O) groups excluding carboxylic acids is 2. The largest absolute Gasteiger partial charge is 0.469 e. The Bertz CT molecular complexity index is 562. The van der Waals surface area contributed by atoms with Crippen LogP contribution >= 0.6 is 0 Å². The van der Waals surface area contributed by atoms with Crippen LogP contribution in [0.25, 0.3) is 0 Å². The number of carbonyl (C=O) groups is 2. The Morgan fingerprint density at radius 2 is 1.88 bits per heavy atom. The number of amides is 1. The van der Waals surface area contributed by atoms with Crippen LogP contribution in [0, 0.1) is 12.8 Å². The number of esters is 1. The van der Waals surface area contributed by atoms with Crippen LogP contribution in [0.3, 0.4) is 0 Å². The zero-order valence-electron chi connectivity index (χ0n) is 15.1. The van der Waals surface area contributed by atoms with Crippen molar-refractivity contribution in [2.75, 3.05) is 13.7 Å². The predicted octanol–water partition coefficient (Wildman–Crippen LogP) is 3.97. The molecule has 2 rings (SSSR count). The minimum absolute atomic E-state index is 0.0290. The van der Waals surface area contributed by atoms with Gasteiger partial charge in [-0.15, -0.1) is 0 Å². The molecule has 0 N–H and O–H groups in total. The molecule has 0 heterocycles. The van der Waals surface area contributed by atoms with Gasteiger partial charge in [0.15, 0.2) is 0 Å². The van der Waals surface area contributed by atoms with Crippen LogP contribution in [0.2, 0.25) is 0 Å². The Morgan fingerprint density at radius 1 is 1.21 bits per heavy atom. The van der Waals surface area contributed by atoms with Gasteiger partial charge in [0, 0.05) is 18.2 Å². The van der Waals surface area contributed by atoms with E-state index in [2.05, 4.69) is 0 Å². The second kappa shape index (κ2) is 8.86. The van der Waals surface area contributed by atoms with Gasteiger partial charge in [-0.3, -0.25) is 9.59 Å². The van der Waals surface area contributed by atoms with E-state index < -0.39 is 0 Å². The molecule has 1 aliphatic rings. The summed E-state index contributed by atoms with van der Waals surface area (Å²) in [6, 6.07) is 7.91. The van der Waals surface area contributed by atoms with E-state index in [1.807, 2.05) is 43.0 Å². The lowest BCUT2D eigenvalue weighted by Gasteiger charge is -2.33. The number of nitrogens with zero attached hydrogens (tertiary/aromatic N) is 1. The second-order valence-electron chi connectivity index (χ2n) is 6.90. The van der Waals surface area contributed by atoms with E-state index in [0.717, 1.165) is 31.2 Å². The summed E-state index contributed by atoms with van der Waals surface area (Å²) in [5.74, 6) is -0.543. The van der Waals surface area contributed by atoms with E-state index in [1.54, 1.807) is 0 Å². The van der Waals surface area contributed by atoms with Gasteiger partial charge in [0.25, 0.3) is 5.91 Å². The van der Waals surface area contributed by atoms with Gasteiger partial charge < -0.3 is 9.64 Å². The molecule has 0 aliphatic heterocycles. The summed E-state index contributed by atoms with van der Waals surface area (Å²) in [6.07, 6.45) is 6.80. The lowest BCUT2D eigenvalue weighted by atomic mass is 10.0. The molecule has 1 saturated carbocycles. The highest BCUT2D eigenvalue weighted by Gasteiger charge is 2.29. The maximum Gasteiger partial charge on any atom is 0.310 e. The smallest absolute Gasteiger partial charge is 0.310 e. The van der Waals surface area contributed by atoms with E-state index in [9.17, 15) is 9.59 Å². The quantitative estimate of drug-likeness (QED) is 0.606. The Labute approximate surface area is 145 Å². The third-order valence-corrected chi connectivity index (χ3v) is 4.87. The van der Waals surface area contributed by atoms with Gasteiger partial charge in [0.05, 0.1) is 13.0 Å². The first-order valence-electron chi connectivity index (χ1n) is 8.98. The number of aryl methyl sites for hydroxylation is 1. The van der Waals surface area contributed by atoms with E-state index in [0.29, 0.717) is 12.1 Å². The van der Waals surface area contributed by atoms with E-state index in [-0.39, 0.29) is 23.8 Å². The summed E-state index contributed by atoms with van der Waals surface area (Å²) < 4.78 is 4.85. The molecule has 1 aromatic carbocycles. The molecule has 1 atom stereocenters. The van der Waals surface area contributed by atoms with Crippen molar-refractivity contribution in [2.45, 2.75) is 58.4 Å². The molecule has 132 valence electrons. The lowest BCUT2D eigenvalue weighted by Crippen LogP contribution is -2.44. The summed E-state index contributed by atoms with van der Waals surface area (Å²) in [5.41, 5.74) is 1.78. The van der Waals surface area contributed by atoms with Crippen LogP contribution in [0.1, 0.15) is 61.4 Å². The van der Waals surface area contributed by atoms with Gasteiger partial charge in [0.1, 0.15) is 0 Å². The van der Waals surface area contributed by atoms with E-state index >= 15 is 0 Å². The topological polar surface area (TPSA) is 46.6 Å². The van der Waals surface area contributed by atoms with E-state index in [4.69, 9.17) is 4.74 Å². The number of ether oxygens (including phenoxy) is 1. The lowest BCUT2D eigenvalue weighted by molar-refractivity contribution is -0.145. The molecule has 1 aromatic rings. The third-order valence-electron chi connectivity index (χ3n) is 4.87. The summed E-state index contributed by atoms with van der Waals surface area (Å²) in [6.45, 7) is 4.24. The van der Waals surface area contributed by atoms with Crippen molar-refractivity contribution >= 4 is 11.9 Å². The van der Waals surface area contributed by atoms with Crippen molar-refractivity contribution in [3.63, 3.8) is 0 Å². The van der Waals surface area contributed by atoms with Crippen molar-refractivity contribution in [1.82, 2.24) is 4.90 Å². The van der Waals surface area contributed by atoms with Crippen LogP contribution in [0.4, 0.5) is 0 Å². The maximum absolute atomic E-state index is 13.1. The molecule has 4 nitrogen and oxygen atoms in total. The fourth-order valence-electron chi connectivity index (χ4n) is 3.48. The first kappa shape index (κ1) is 18.5. The maximum atomic E-state index is 13.1. The molecule has 1 aliphatic carbocycles. The molecule has 0 spiro atoms. The number of hydrogen-bond donors (Lipinski definition) is 0. The highest BCUT2D eigenvalue weighted by atomic mass is 16.5. The highest BCUT2D eigenvalue weighted by Crippen LogP contribution is 2.24. The molecule has 24 heavy (non-hydrogen) atoms. The standard InChI is InChI=1S/C20H29NO3/c1-15-9-8-10-17(13-15)19(22)21(14-16(2)20(23)24-3)18-11-6-4-5-7-12-18/h8-10,13,16,18H,4-7,11-12,14H2,1-3H3. The number of benzene rings is 1. The average Bonchev–Trinajstić information content (AvgIpc) is 2.87. The summed E-state index contributed by atoms with van der Waals surface area (Å²) in [4.78, 5) is 26.9. The third kappa shape index (κ3) is 4.83. The number of rotatable bonds is 5. The molecule has 0 bridgehead atoms. The van der Waals surface area contributed by atoms with Crippen LogP contribution < -0.4 is 0 Å². The number of hydrogen-bond acceptors (Lipinski definition) is 3. The van der Waals surface area contributed by atoms with Gasteiger partial charge in [-0.2, -0.15) is 0 Å². The van der Waals surface area contributed by atoms with Crippen molar-refractivity contribution < 1.29 is 14.3 Å². The van der Waals surface area contributed by atoms with Gasteiger partial charge in [-0.05, 0) is 31.9 Å². The Kier molecular flexibility index (Phi) is 6.83.